The van der Waals surface area contributed by atoms with E-state index in [-0.39, 0.29) is 17.7 Å². The Morgan fingerprint density at radius 3 is 2.76 bits per heavy atom. The highest BCUT2D eigenvalue weighted by atomic mass is 32.2. The molecule has 1 amide bonds. The zero-order chi connectivity index (χ0) is 14.8. The SMILES string of the molecule is O=C1/C(=C\c2cccc(O)c2)SC(=S)N1C1CCCCC1. The van der Waals surface area contributed by atoms with Crippen LogP contribution in [0.1, 0.15) is 37.7 Å². The topological polar surface area (TPSA) is 40.5 Å². The predicted molar refractivity (Wildman–Crippen MR) is 90.0 cm³/mol. The minimum Gasteiger partial charge on any atom is -0.508 e. The third-order valence-corrected chi connectivity index (χ3v) is 5.26. The van der Waals surface area contributed by atoms with Gasteiger partial charge in [0.25, 0.3) is 5.91 Å². The molecule has 0 aromatic heterocycles. The van der Waals surface area contributed by atoms with Crippen LogP contribution in [0.4, 0.5) is 0 Å². The molecule has 0 radical (unpaired) electrons. The first-order chi connectivity index (χ1) is 10.1. The van der Waals surface area contributed by atoms with Gasteiger partial charge in [0.1, 0.15) is 10.1 Å². The summed E-state index contributed by atoms with van der Waals surface area (Å²) in [6.07, 6.45) is 7.50. The second kappa shape index (κ2) is 6.20. The Balaban J connectivity index is 1.82. The van der Waals surface area contributed by atoms with Crippen LogP contribution < -0.4 is 0 Å². The largest absolute Gasteiger partial charge is 0.508 e. The van der Waals surface area contributed by atoms with Crippen molar-refractivity contribution in [3.63, 3.8) is 0 Å². The van der Waals surface area contributed by atoms with Crippen LogP contribution in [0.25, 0.3) is 6.08 Å². The van der Waals surface area contributed by atoms with Crippen molar-refractivity contribution in [3.05, 3.63) is 34.7 Å². The zero-order valence-electron chi connectivity index (χ0n) is 11.6. The van der Waals surface area contributed by atoms with Crippen molar-refractivity contribution in [1.29, 1.82) is 0 Å². The van der Waals surface area contributed by atoms with Gasteiger partial charge in [-0.25, -0.2) is 0 Å². The fourth-order valence-electron chi connectivity index (χ4n) is 2.90. The number of phenols is 1. The first kappa shape index (κ1) is 14.6. The molecule has 1 saturated carbocycles. The lowest BCUT2D eigenvalue weighted by molar-refractivity contribution is -0.124. The Bertz CT molecular complexity index is 606. The van der Waals surface area contributed by atoms with Crippen molar-refractivity contribution in [2.75, 3.05) is 0 Å². The smallest absolute Gasteiger partial charge is 0.266 e. The third-order valence-electron chi connectivity index (χ3n) is 3.93. The summed E-state index contributed by atoms with van der Waals surface area (Å²) in [4.78, 5) is 15.0. The summed E-state index contributed by atoms with van der Waals surface area (Å²) < 4.78 is 0.665. The van der Waals surface area contributed by atoms with Gasteiger partial charge in [0, 0.05) is 6.04 Å². The number of carbonyl (C=O) groups is 1. The van der Waals surface area contributed by atoms with E-state index in [9.17, 15) is 9.90 Å². The van der Waals surface area contributed by atoms with E-state index < -0.39 is 0 Å². The number of benzene rings is 1. The molecule has 3 nitrogen and oxygen atoms in total. The Morgan fingerprint density at radius 1 is 1.29 bits per heavy atom. The van der Waals surface area contributed by atoms with Crippen LogP contribution in [-0.4, -0.2) is 26.3 Å². The number of aromatic hydroxyl groups is 1. The van der Waals surface area contributed by atoms with Crippen molar-refractivity contribution in [2.45, 2.75) is 38.1 Å². The second-order valence-corrected chi connectivity index (χ2v) is 7.11. The molecule has 2 fully saturated rings. The van der Waals surface area contributed by atoms with Crippen LogP contribution in [0.3, 0.4) is 0 Å². The van der Waals surface area contributed by atoms with Crippen molar-refractivity contribution in [2.24, 2.45) is 0 Å². The highest BCUT2D eigenvalue weighted by Crippen LogP contribution is 2.37. The van der Waals surface area contributed by atoms with Crippen molar-refractivity contribution in [3.8, 4) is 5.75 Å². The molecule has 3 rings (SSSR count). The van der Waals surface area contributed by atoms with Crippen molar-refractivity contribution < 1.29 is 9.90 Å². The Labute approximate surface area is 134 Å². The molecule has 1 saturated heterocycles. The van der Waals surface area contributed by atoms with Crippen molar-refractivity contribution in [1.82, 2.24) is 4.90 Å². The average Bonchev–Trinajstić information content (AvgIpc) is 2.74. The van der Waals surface area contributed by atoms with Gasteiger partial charge in [-0.3, -0.25) is 9.69 Å². The molecular formula is C16H17NO2S2. The lowest BCUT2D eigenvalue weighted by Crippen LogP contribution is -2.39. The van der Waals surface area contributed by atoms with Crippen LogP contribution in [0, 0.1) is 0 Å². The van der Waals surface area contributed by atoms with Crippen molar-refractivity contribution >= 4 is 40.3 Å². The molecule has 1 aromatic rings. The molecule has 1 N–H and O–H groups in total. The number of hydrogen-bond donors (Lipinski definition) is 1. The maximum atomic E-state index is 12.6. The molecule has 5 heteroatoms. The zero-order valence-corrected chi connectivity index (χ0v) is 13.3. The molecule has 2 aliphatic rings. The van der Waals surface area contributed by atoms with E-state index in [1.165, 1.54) is 31.0 Å². The number of phenolic OH excluding ortho intramolecular Hbond substituents is 1. The summed E-state index contributed by atoms with van der Waals surface area (Å²) in [5, 5.41) is 9.50. The van der Waals surface area contributed by atoms with Crippen LogP contribution in [0.15, 0.2) is 29.2 Å². The summed E-state index contributed by atoms with van der Waals surface area (Å²) in [6, 6.07) is 7.16. The van der Waals surface area contributed by atoms with Gasteiger partial charge in [-0.05, 0) is 36.6 Å². The van der Waals surface area contributed by atoms with E-state index in [0.717, 1.165) is 18.4 Å². The molecule has 21 heavy (non-hydrogen) atoms. The Morgan fingerprint density at radius 2 is 2.05 bits per heavy atom. The molecule has 1 aromatic carbocycles. The lowest BCUT2D eigenvalue weighted by Gasteiger charge is -2.29. The minimum atomic E-state index is 0.0141. The molecule has 1 aliphatic heterocycles. The van der Waals surface area contributed by atoms with E-state index >= 15 is 0 Å². The fraction of sp³-hybridized carbons (Fsp3) is 0.375. The number of hydrogen-bond acceptors (Lipinski definition) is 4. The van der Waals surface area contributed by atoms with E-state index in [1.54, 1.807) is 23.1 Å². The average molecular weight is 319 g/mol. The lowest BCUT2D eigenvalue weighted by atomic mass is 9.94. The van der Waals surface area contributed by atoms with Gasteiger partial charge < -0.3 is 5.11 Å². The first-order valence-corrected chi connectivity index (χ1v) is 8.44. The first-order valence-electron chi connectivity index (χ1n) is 7.21. The van der Waals surface area contributed by atoms with Gasteiger partial charge in [0.15, 0.2) is 0 Å². The van der Waals surface area contributed by atoms with Gasteiger partial charge in [0.2, 0.25) is 0 Å². The molecule has 0 bridgehead atoms. The van der Waals surface area contributed by atoms with Gasteiger partial charge in [-0.2, -0.15) is 0 Å². The fourth-order valence-corrected chi connectivity index (χ4v) is 4.30. The van der Waals surface area contributed by atoms with Crippen LogP contribution >= 0.6 is 24.0 Å². The quantitative estimate of drug-likeness (QED) is 0.662. The number of nitrogens with zero attached hydrogens (tertiary/aromatic N) is 1. The molecule has 1 heterocycles. The van der Waals surface area contributed by atoms with E-state index in [4.69, 9.17) is 12.2 Å². The Kier molecular flexibility index (Phi) is 4.31. The molecule has 0 atom stereocenters. The maximum Gasteiger partial charge on any atom is 0.266 e. The summed E-state index contributed by atoms with van der Waals surface area (Å²) >= 11 is 6.76. The number of amides is 1. The highest BCUT2D eigenvalue weighted by molar-refractivity contribution is 8.26. The van der Waals surface area contributed by atoms with Crippen LogP contribution in [-0.2, 0) is 4.79 Å². The minimum absolute atomic E-state index is 0.0141. The predicted octanol–water partition coefficient (Wildman–Crippen LogP) is 3.93. The number of thioether (sulfide) groups is 1. The number of thiocarbonyl (C=S) groups is 1. The highest BCUT2D eigenvalue weighted by Gasteiger charge is 2.37. The number of rotatable bonds is 2. The van der Waals surface area contributed by atoms with Gasteiger partial charge in [-0.1, -0.05) is 55.4 Å². The van der Waals surface area contributed by atoms with E-state index in [0.29, 0.717) is 9.23 Å². The van der Waals surface area contributed by atoms with E-state index in [2.05, 4.69) is 0 Å². The molecule has 110 valence electrons. The maximum absolute atomic E-state index is 12.6. The summed E-state index contributed by atoms with van der Waals surface area (Å²) in [7, 11) is 0. The van der Waals surface area contributed by atoms with Crippen LogP contribution in [0.2, 0.25) is 0 Å². The monoisotopic (exact) mass is 319 g/mol. The van der Waals surface area contributed by atoms with Gasteiger partial charge in [-0.15, -0.1) is 0 Å². The normalized spacial score (nSPS) is 22.3. The summed E-state index contributed by atoms with van der Waals surface area (Å²) in [5.41, 5.74) is 0.819. The molecule has 0 unspecified atom stereocenters. The molecular weight excluding hydrogens is 302 g/mol. The summed E-state index contributed by atoms with van der Waals surface area (Å²) in [6.45, 7) is 0. The molecule has 1 aliphatic carbocycles. The second-order valence-electron chi connectivity index (χ2n) is 5.44. The molecule has 0 spiro atoms. The Hall–Kier alpha value is -1.33. The van der Waals surface area contributed by atoms with Gasteiger partial charge >= 0.3 is 0 Å². The standard InChI is InChI=1S/C16H17NO2S2/c18-13-8-4-5-11(9-13)10-14-15(19)17(16(20)21-14)12-6-2-1-3-7-12/h4-5,8-10,12,18H,1-3,6-7H2/b14-10+. The number of carbonyl (C=O) groups excluding carboxylic acids is 1. The van der Waals surface area contributed by atoms with Crippen LogP contribution in [0.5, 0.6) is 5.75 Å². The summed E-state index contributed by atoms with van der Waals surface area (Å²) in [5.74, 6) is 0.215. The van der Waals surface area contributed by atoms with Gasteiger partial charge in [0.05, 0.1) is 4.91 Å². The third kappa shape index (κ3) is 3.14. The van der Waals surface area contributed by atoms with E-state index in [1.807, 2.05) is 12.1 Å².